The zero-order chi connectivity index (χ0) is 23.8. The number of hydrogen-bond acceptors (Lipinski definition) is 4. The molecule has 4 rings (SSSR count). The summed E-state index contributed by atoms with van der Waals surface area (Å²) in [6.45, 7) is 6.01. The molecule has 0 saturated carbocycles. The van der Waals surface area contributed by atoms with Gasteiger partial charge in [0.15, 0.2) is 0 Å². The Morgan fingerprint density at radius 3 is 2.15 bits per heavy atom. The van der Waals surface area contributed by atoms with Gasteiger partial charge in [-0.15, -0.1) is 0 Å². The molecule has 2 N–H and O–H groups in total. The molecule has 174 valence electrons. The maximum atomic E-state index is 12.6. The Kier molecular flexibility index (Phi) is 5.91. The summed E-state index contributed by atoms with van der Waals surface area (Å²) in [5.74, 6) is -0.997. The number of ether oxygens (including phenoxy) is 1. The van der Waals surface area contributed by atoms with E-state index in [4.69, 9.17) is 4.74 Å². The van der Waals surface area contributed by atoms with Crippen molar-refractivity contribution < 1.29 is 24.2 Å². The predicted octanol–water partition coefficient (Wildman–Crippen LogP) is 4.02. The van der Waals surface area contributed by atoms with Crippen molar-refractivity contribution in [1.82, 2.24) is 10.2 Å². The fourth-order valence-corrected chi connectivity index (χ4v) is 4.66. The van der Waals surface area contributed by atoms with E-state index in [0.717, 1.165) is 11.1 Å². The molecule has 1 heterocycles. The van der Waals surface area contributed by atoms with Crippen LogP contribution in [0, 0.1) is 5.41 Å². The van der Waals surface area contributed by atoms with Crippen LogP contribution in [-0.2, 0) is 14.3 Å². The molecule has 0 radical (unpaired) electrons. The van der Waals surface area contributed by atoms with Crippen LogP contribution in [0.25, 0.3) is 11.1 Å². The minimum absolute atomic E-state index is 0.0113. The first kappa shape index (κ1) is 22.8. The van der Waals surface area contributed by atoms with Crippen molar-refractivity contribution in [3.05, 3.63) is 59.7 Å². The Bertz CT molecular complexity index is 1040. The highest BCUT2D eigenvalue weighted by Crippen LogP contribution is 2.44. The van der Waals surface area contributed by atoms with Gasteiger partial charge < -0.3 is 20.1 Å². The molecule has 0 spiro atoms. The van der Waals surface area contributed by atoms with E-state index in [1.807, 2.05) is 38.1 Å². The van der Waals surface area contributed by atoms with E-state index in [1.165, 1.54) is 11.1 Å². The van der Waals surface area contributed by atoms with Gasteiger partial charge in [0.2, 0.25) is 5.91 Å². The number of carboxylic acids is 1. The monoisotopic (exact) mass is 450 g/mol. The second-order valence-corrected chi connectivity index (χ2v) is 9.95. The number of benzene rings is 2. The van der Waals surface area contributed by atoms with Gasteiger partial charge in [0, 0.05) is 31.0 Å². The zero-order valence-electron chi connectivity index (χ0n) is 19.3. The lowest BCUT2D eigenvalue weighted by atomic mass is 9.81. The summed E-state index contributed by atoms with van der Waals surface area (Å²) in [6.07, 6.45) is 0.138. The Hall–Kier alpha value is -3.35. The number of nitrogens with zero attached hydrogens (tertiary/aromatic N) is 1. The molecule has 1 aliphatic heterocycles. The molecule has 2 aromatic rings. The van der Waals surface area contributed by atoms with Crippen molar-refractivity contribution in [3.8, 4) is 11.1 Å². The van der Waals surface area contributed by atoms with Crippen LogP contribution in [0.15, 0.2) is 48.5 Å². The first-order chi connectivity index (χ1) is 15.6. The normalized spacial score (nSPS) is 16.4. The highest BCUT2D eigenvalue weighted by atomic mass is 16.5. The fraction of sp³-hybridized carbons (Fsp3) is 0.423. The minimum atomic E-state index is -0.885. The molecule has 2 amide bonds. The Morgan fingerprint density at radius 1 is 1.06 bits per heavy atom. The fourth-order valence-electron chi connectivity index (χ4n) is 4.66. The lowest BCUT2D eigenvalue weighted by Crippen LogP contribution is -2.60. The van der Waals surface area contributed by atoms with Gasteiger partial charge in [0.25, 0.3) is 0 Å². The number of amides is 2. The molecule has 0 bridgehead atoms. The third kappa shape index (κ3) is 4.58. The van der Waals surface area contributed by atoms with Crippen LogP contribution in [0.4, 0.5) is 4.79 Å². The molecule has 1 aliphatic carbocycles. The molecule has 0 unspecified atom stereocenters. The average molecular weight is 451 g/mol. The summed E-state index contributed by atoms with van der Waals surface area (Å²) in [5, 5.41) is 12.1. The van der Waals surface area contributed by atoms with Crippen molar-refractivity contribution in [3.63, 3.8) is 0 Å². The summed E-state index contributed by atoms with van der Waals surface area (Å²) >= 11 is 0. The zero-order valence-corrected chi connectivity index (χ0v) is 19.3. The number of carbonyl (C=O) groups excluding carboxylic acids is 2. The largest absolute Gasteiger partial charge is 0.481 e. The van der Waals surface area contributed by atoms with E-state index >= 15 is 0 Å². The Balaban J connectivity index is 1.28. The summed E-state index contributed by atoms with van der Waals surface area (Å²) in [7, 11) is 0. The lowest BCUT2D eigenvalue weighted by Gasteiger charge is -2.45. The van der Waals surface area contributed by atoms with Crippen LogP contribution in [-0.4, -0.2) is 53.2 Å². The van der Waals surface area contributed by atoms with E-state index in [-0.39, 0.29) is 37.9 Å². The Morgan fingerprint density at radius 2 is 1.61 bits per heavy atom. The van der Waals surface area contributed by atoms with Gasteiger partial charge in [-0.2, -0.15) is 0 Å². The maximum Gasteiger partial charge on any atom is 0.407 e. The van der Waals surface area contributed by atoms with Crippen LogP contribution in [0.5, 0.6) is 0 Å². The highest BCUT2D eigenvalue weighted by molar-refractivity contribution is 5.83. The molecular formula is C26H30N2O5. The quantitative estimate of drug-likeness (QED) is 0.664. The predicted molar refractivity (Wildman–Crippen MR) is 124 cm³/mol. The van der Waals surface area contributed by atoms with Crippen molar-refractivity contribution in [2.45, 2.75) is 45.1 Å². The van der Waals surface area contributed by atoms with Gasteiger partial charge in [0.1, 0.15) is 6.61 Å². The molecule has 2 aliphatic rings. The van der Waals surface area contributed by atoms with Gasteiger partial charge in [0.05, 0.1) is 5.41 Å². The standard InChI is InChI=1S/C26H30N2O5/c1-25(2,13-12-22(29)28-15-26(3,16-28)23(30)31)27-24(32)33-14-21-19-10-6-4-8-17(19)18-9-5-7-11-20(18)21/h4-11,21H,12-16H2,1-3H3,(H,27,32)(H,30,31). The van der Waals surface area contributed by atoms with Gasteiger partial charge in [-0.25, -0.2) is 4.79 Å². The van der Waals surface area contributed by atoms with E-state index in [1.54, 1.807) is 11.8 Å². The second-order valence-electron chi connectivity index (χ2n) is 9.95. The molecule has 2 aromatic carbocycles. The number of hydrogen-bond donors (Lipinski definition) is 2. The summed E-state index contributed by atoms with van der Waals surface area (Å²) < 4.78 is 5.61. The first-order valence-corrected chi connectivity index (χ1v) is 11.2. The number of carbonyl (C=O) groups is 3. The number of likely N-dealkylation sites (tertiary alicyclic amines) is 1. The third-order valence-corrected chi connectivity index (χ3v) is 6.70. The lowest BCUT2D eigenvalue weighted by molar-refractivity contribution is -0.164. The van der Waals surface area contributed by atoms with Gasteiger partial charge in [-0.3, -0.25) is 9.59 Å². The molecule has 7 nitrogen and oxygen atoms in total. The summed E-state index contributed by atoms with van der Waals surface area (Å²) in [5.41, 5.74) is 3.15. The van der Waals surface area contributed by atoms with Crippen molar-refractivity contribution in [2.75, 3.05) is 19.7 Å². The molecule has 1 fully saturated rings. The number of rotatable bonds is 7. The van der Waals surface area contributed by atoms with Crippen LogP contribution < -0.4 is 5.32 Å². The molecule has 0 atom stereocenters. The smallest absolute Gasteiger partial charge is 0.407 e. The number of fused-ring (bicyclic) bond motifs is 3. The third-order valence-electron chi connectivity index (χ3n) is 6.70. The average Bonchev–Trinajstić information content (AvgIpc) is 3.07. The highest BCUT2D eigenvalue weighted by Gasteiger charge is 2.47. The first-order valence-electron chi connectivity index (χ1n) is 11.2. The summed E-state index contributed by atoms with van der Waals surface area (Å²) in [6, 6.07) is 16.3. The van der Waals surface area contributed by atoms with Crippen LogP contribution in [0.1, 0.15) is 50.7 Å². The summed E-state index contributed by atoms with van der Waals surface area (Å²) in [4.78, 5) is 37.7. The number of alkyl carbamates (subject to hydrolysis) is 1. The van der Waals surface area contributed by atoms with Crippen molar-refractivity contribution in [2.24, 2.45) is 5.41 Å². The van der Waals surface area contributed by atoms with Crippen LogP contribution in [0.3, 0.4) is 0 Å². The molecule has 1 saturated heterocycles. The number of carboxylic acid groups (broad SMARTS) is 1. The van der Waals surface area contributed by atoms with Gasteiger partial charge in [-0.1, -0.05) is 48.5 Å². The van der Waals surface area contributed by atoms with E-state index in [0.29, 0.717) is 6.42 Å². The molecule has 33 heavy (non-hydrogen) atoms. The second kappa shape index (κ2) is 8.54. The van der Waals surface area contributed by atoms with Crippen LogP contribution >= 0.6 is 0 Å². The topological polar surface area (TPSA) is 95.9 Å². The van der Waals surface area contributed by atoms with Crippen molar-refractivity contribution >= 4 is 18.0 Å². The Labute approximate surface area is 193 Å². The maximum absolute atomic E-state index is 12.6. The number of aliphatic carboxylic acids is 1. The molecular weight excluding hydrogens is 420 g/mol. The van der Waals surface area contributed by atoms with Crippen molar-refractivity contribution in [1.29, 1.82) is 0 Å². The van der Waals surface area contributed by atoms with E-state index < -0.39 is 23.0 Å². The van der Waals surface area contributed by atoms with Gasteiger partial charge >= 0.3 is 12.1 Å². The SMILES string of the molecule is CC(C)(CCC(=O)N1CC(C)(C(=O)O)C1)NC(=O)OCC1c2ccccc2-c2ccccc21. The van der Waals surface area contributed by atoms with Gasteiger partial charge in [-0.05, 0) is 49.4 Å². The molecule has 0 aromatic heterocycles. The number of nitrogens with one attached hydrogen (secondary N) is 1. The minimum Gasteiger partial charge on any atom is -0.481 e. The van der Waals surface area contributed by atoms with Crippen LogP contribution in [0.2, 0.25) is 0 Å². The van der Waals surface area contributed by atoms with E-state index in [9.17, 15) is 19.5 Å². The van der Waals surface area contributed by atoms with E-state index in [2.05, 4.69) is 29.6 Å². The molecule has 7 heteroatoms.